The maximum absolute atomic E-state index is 14.0. The van der Waals surface area contributed by atoms with E-state index < -0.39 is 5.78 Å². The summed E-state index contributed by atoms with van der Waals surface area (Å²) in [6, 6.07) is 55.6. The van der Waals surface area contributed by atoms with E-state index in [2.05, 4.69) is 0 Å². The van der Waals surface area contributed by atoms with Crippen molar-refractivity contribution in [2.75, 3.05) is 0 Å². The Bertz CT molecular complexity index is 2300. The zero-order valence-electron chi connectivity index (χ0n) is 31.3. The number of ketones is 1. The number of carbonyl (C=O) groups excluding carboxylic acids is 1. The summed E-state index contributed by atoms with van der Waals surface area (Å²) in [4.78, 5) is 14.0. The van der Waals surface area contributed by atoms with E-state index in [1.165, 1.54) is 12.1 Å². The number of hydrogen-bond acceptors (Lipinski definition) is 7. The molecule has 284 valence electrons. The van der Waals surface area contributed by atoms with Crippen LogP contribution in [0.5, 0.6) is 34.5 Å². The topological polar surface area (TPSA) is 83.5 Å². The van der Waals surface area contributed by atoms with E-state index in [1.807, 2.05) is 164 Å². The normalized spacial score (nSPS) is 10.9. The Hall–Kier alpha value is -7.25. The lowest BCUT2D eigenvalue weighted by atomic mass is 10.1. The SMILES string of the molecule is O=C(C=Cc1cc(OCc2ccccc2)c(OCc2ccccc2)c(OCc2ccccc2)c1)c1c(O)cc(OCc2ccccc2)cc1OCc1ccccc1. The van der Waals surface area contributed by atoms with E-state index in [9.17, 15) is 9.90 Å². The lowest BCUT2D eigenvalue weighted by Gasteiger charge is -2.18. The van der Waals surface area contributed by atoms with Crippen LogP contribution in [0.4, 0.5) is 0 Å². The molecular weight excluding hydrogens is 713 g/mol. The molecule has 0 amide bonds. The third-order valence-corrected chi connectivity index (χ3v) is 8.96. The predicted octanol–water partition coefficient (Wildman–Crippen LogP) is 11.2. The van der Waals surface area contributed by atoms with Crippen molar-refractivity contribution in [3.8, 4) is 34.5 Å². The molecule has 0 aromatic heterocycles. The molecule has 7 rings (SSSR count). The number of aromatic hydroxyl groups is 1. The Balaban J connectivity index is 1.21. The van der Waals surface area contributed by atoms with E-state index in [1.54, 1.807) is 12.1 Å². The highest BCUT2D eigenvalue weighted by Crippen LogP contribution is 2.41. The summed E-state index contributed by atoms with van der Waals surface area (Å²) >= 11 is 0. The molecule has 7 aromatic carbocycles. The zero-order chi connectivity index (χ0) is 39.1. The van der Waals surface area contributed by atoms with E-state index in [0.717, 1.165) is 27.8 Å². The lowest BCUT2D eigenvalue weighted by molar-refractivity contribution is 0.104. The first-order valence-corrected chi connectivity index (χ1v) is 18.7. The summed E-state index contributed by atoms with van der Waals surface area (Å²) in [7, 11) is 0. The third-order valence-electron chi connectivity index (χ3n) is 8.96. The summed E-state index contributed by atoms with van der Waals surface area (Å²) in [6.45, 7) is 1.30. The van der Waals surface area contributed by atoms with Crippen molar-refractivity contribution in [2.24, 2.45) is 0 Å². The predicted molar refractivity (Wildman–Crippen MR) is 222 cm³/mol. The molecule has 0 aliphatic carbocycles. The van der Waals surface area contributed by atoms with Gasteiger partial charge in [0.05, 0.1) is 0 Å². The average molecular weight is 755 g/mol. The molecule has 0 aliphatic rings. The molecule has 7 heteroatoms. The number of rotatable bonds is 18. The summed E-state index contributed by atoms with van der Waals surface area (Å²) < 4.78 is 31.5. The van der Waals surface area contributed by atoms with Gasteiger partial charge >= 0.3 is 0 Å². The van der Waals surface area contributed by atoms with Crippen LogP contribution in [0.2, 0.25) is 0 Å². The first-order chi connectivity index (χ1) is 28.1. The van der Waals surface area contributed by atoms with Crippen LogP contribution in [0.15, 0.2) is 182 Å². The Kier molecular flexibility index (Phi) is 12.9. The fourth-order valence-electron chi connectivity index (χ4n) is 6.00. The smallest absolute Gasteiger partial charge is 0.203 e. The fourth-order valence-corrected chi connectivity index (χ4v) is 6.00. The molecule has 0 spiro atoms. The molecule has 0 saturated heterocycles. The highest BCUT2D eigenvalue weighted by atomic mass is 16.5. The molecule has 0 heterocycles. The second kappa shape index (κ2) is 19.4. The Labute approximate surface area is 333 Å². The second-order valence-electron chi connectivity index (χ2n) is 13.2. The molecule has 7 aromatic rings. The van der Waals surface area contributed by atoms with Crippen LogP contribution in [-0.2, 0) is 33.0 Å². The van der Waals surface area contributed by atoms with Crippen LogP contribution >= 0.6 is 0 Å². The fraction of sp³-hybridized carbons (Fsp3) is 0.100. The van der Waals surface area contributed by atoms with Gasteiger partial charge < -0.3 is 28.8 Å². The first-order valence-electron chi connectivity index (χ1n) is 18.7. The minimum absolute atomic E-state index is 0.0122. The molecule has 0 fully saturated rings. The molecule has 57 heavy (non-hydrogen) atoms. The number of benzene rings is 7. The quantitative estimate of drug-likeness (QED) is 0.0690. The molecule has 0 unspecified atom stereocenters. The summed E-state index contributed by atoms with van der Waals surface area (Å²) in [5, 5.41) is 11.3. The summed E-state index contributed by atoms with van der Waals surface area (Å²) in [5.41, 5.74) is 5.43. The van der Waals surface area contributed by atoms with Crippen LogP contribution < -0.4 is 23.7 Å². The molecule has 7 nitrogen and oxygen atoms in total. The monoisotopic (exact) mass is 754 g/mol. The molecule has 0 radical (unpaired) electrons. The molecule has 0 saturated carbocycles. The maximum Gasteiger partial charge on any atom is 0.203 e. The molecular formula is C50H42O7. The molecule has 0 aliphatic heterocycles. The highest BCUT2D eigenvalue weighted by Gasteiger charge is 2.20. The van der Waals surface area contributed by atoms with Gasteiger partial charge in [-0.25, -0.2) is 0 Å². The van der Waals surface area contributed by atoms with Crippen LogP contribution in [-0.4, -0.2) is 10.9 Å². The molecule has 0 atom stereocenters. The van der Waals surface area contributed by atoms with Gasteiger partial charge in [-0.2, -0.15) is 0 Å². The third kappa shape index (κ3) is 10.9. The van der Waals surface area contributed by atoms with Gasteiger partial charge in [0.15, 0.2) is 17.3 Å². The van der Waals surface area contributed by atoms with Gasteiger partial charge in [0, 0.05) is 12.1 Å². The van der Waals surface area contributed by atoms with Crippen molar-refractivity contribution >= 4 is 11.9 Å². The summed E-state index contributed by atoms with van der Waals surface area (Å²) in [5.74, 6) is 1.17. The zero-order valence-corrected chi connectivity index (χ0v) is 31.3. The molecule has 1 N–H and O–H groups in total. The van der Waals surface area contributed by atoms with Crippen molar-refractivity contribution in [2.45, 2.75) is 33.0 Å². The van der Waals surface area contributed by atoms with Crippen LogP contribution in [0.1, 0.15) is 43.7 Å². The first kappa shape index (κ1) is 38.0. The van der Waals surface area contributed by atoms with Gasteiger partial charge in [0.2, 0.25) is 5.75 Å². The minimum atomic E-state index is -0.465. The van der Waals surface area contributed by atoms with Crippen molar-refractivity contribution in [3.05, 3.63) is 221 Å². The lowest BCUT2D eigenvalue weighted by Crippen LogP contribution is -2.05. The number of carbonyl (C=O) groups is 1. The van der Waals surface area contributed by atoms with Gasteiger partial charge in [-0.05, 0) is 51.6 Å². The number of hydrogen-bond donors (Lipinski definition) is 1. The standard InChI is InChI=1S/C50H42O7/c51-44(49-45(52)30-43(53-32-37-16-6-1-7-17-37)31-46(49)54-33-38-18-8-2-9-19-38)27-26-42-28-47(55-34-39-20-10-3-11-21-39)50(57-36-41-24-14-5-15-25-41)48(29-42)56-35-40-22-12-4-13-23-40/h1-31,52H,32-36H2. The largest absolute Gasteiger partial charge is 0.507 e. The van der Waals surface area contributed by atoms with Crippen LogP contribution in [0.25, 0.3) is 6.08 Å². The van der Waals surface area contributed by atoms with Gasteiger partial charge in [-0.3, -0.25) is 4.79 Å². The Morgan fingerprint density at radius 2 is 0.807 bits per heavy atom. The van der Waals surface area contributed by atoms with E-state index in [0.29, 0.717) is 28.6 Å². The van der Waals surface area contributed by atoms with Crippen molar-refractivity contribution < 1.29 is 33.6 Å². The Morgan fingerprint density at radius 3 is 1.23 bits per heavy atom. The second-order valence-corrected chi connectivity index (χ2v) is 13.2. The van der Waals surface area contributed by atoms with E-state index >= 15 is 0 Å². The minimum Gasteiger partial charge on any atom is -0.507 e. The van der Waals surface area contributed by atoms with E-state index in [-0.39, 0.29) is 50.1 Å². The highest BCUT2D eigenvalue weighted by molar-refractivity contribution is 6.10. The number of ether oxygens (including phenoxy) is 5. The Morgan fingerprint density at radius 1 is 0.439 bits per heavy atom. The number of phenols is 1. The van der Waals surface area contributed by atoms with Gasteiger partial charge in [-0.1, -0.05) is 158 Å². The van der Waals surface area contributed by atoms with Crippen molar-refractivity contribution in [1.82, 2.24) is 0 Å². The number of phenolic OH excluding ortho intramolecular Hbond substituents is 1. The van der Waals surface area contributed by atoms with Crippen LogP contribution in [0, 0.1) is 0 Å². The van der Waals surface area contributed by atoms with Gasteiger partial charge in [-0.15, -0.1) is 0 Å². The number of allylic oxidation sites excluding steroid dienone is 1. The van der Waals surface area contributed by atoms with Crippen molar-refractivity contribution in [3.63, 3.8) is 0 Å². The van der Waals surface area contributed by atoms with Gasteiger partial charge in [0.25, 0.3) is 0 Å². The van der Waals surface area contributed by atoms with Gasteiger partial charge in [0.1, 0.15) is 55.8 Å². The van der Waals surface area contributed by atoms with E-state index in [4.69, 9.17) is 23.7 Å². The molecule has 0 bridgehead atoms. The van der Waals surface area contributed by atoms with Crippen molar-refractivity contribution in [1.29, 1.82) is 0 Å². The van der Waals surface area contributed by atoms with Crippen LogP contribution in [0.3, 0.4) is 0 Å². The average Bonchev–Trinajstić information content (AvgIpc) is 3.26. The summed E-state index contributed by atoms with van der Waals surface area (Å²) in [6.07, 6.45) is 3.06. The maximum atomic E-state index is 14.0.